The monoisotopic (exact) mass is 367 g/mol. The minimum absolute atomic E-state index is 0.176. The molecule has 0 radical (unpaired) electrons. The van der Waals surface area contributed by atoms with Crippen molar-refractivity contribution < 1.29 is 19.5 Å². The average molecular weight is 367 g/mol. The molecule has 1 atom stereocenters. The molecule has 140 valence electrons. The van der Waals surface area contributed by atoms with Crippen molar-refractivity contribution in [1.29, 1.82) is 0 Å². The molecule has 0 unspecified atom stereocenters. The molecule has 3 N–H and O–H groups in total. The Bertz CT molecular complexity index is 821. The number of nitrogens with one attached hydrogen (secondary N) is 3. The minimum Gasteiger partial charge on any atom is -0.319 e. The molecule has 0 aliphatic carbocycles. The SMILES string of the molecule is C[C@]1(c2ccccc2)NC(=O)N(C[NH+]2CCN(c3cccc[nH+]3)CC2)C1=O. The van der Waals surface area contributed by atoms with Gasteiger partial charge < -0.3 is 10.2 Å². The predicted molar refractivity (Wildman–Crippen MR) is 99.9 cm³/mol. The fraction of sp³-hybridized carbons (Fsp3) is 0.350. The number of carbonyl (C=O) groups excluding carboxylic acids is 2. The lowest BCUT2D eigenvalue weighted by atomic mass is 9.92. The Morgan fingerprint density at radius 3 is 2.44 bits per heavy atom. The standard InChI is InChI=1S/C20H23N5O2/c1-20(16-7-3-2-4-8-16)18(26)25(19(27)22-20)15-23-11-13-24(14-12-23)17-9-5-6-10-21-17/h2-10H,11-15H2,1H3,(H,22,27)/p+2/t20-/m1/s1. The number of amides is 3. The van der Waals surface area contributed by atoms with E-state index in [4.69, 9.17) is 0 Å². The summed E-state index contributed by atoms with van der Waals surface area (Å²) < 4.78 is 0. The van der Waals surface area contributed by atoms with Crippen LogP contribution >= 0.6 is 0 Å². The van der Waals surface area contributed by atoms with E-state index >= 15 is 0 Å². The van der Waals surface area contributed by atoms with Crippen LogP contribution in [0.5, 0.6) is 0 Å². The number of H-pyrrole nitrogens is 1. The van der Waals surface area contributed by atoms with Crippen molar-refractivity contribution in [3.8, 4) is 0 Å². The number of hydrogen-bond acceptors (Lipinski definition) is 3. The Balaban J connectivity index is 1.40. The molecule has 1 aromatic carbocycles. The molecular weight excluding hydrogens is 342 g/mol. The van der Waals surface area contributed by atoms with Gasteiger partial charge in [-0.3, -0.25) is 9.69 Å². The third-order valence-electron chi connectivity index (χ3n) is 5.51. The van der Waals surface area contributed by atoms with E-state index in [0.29, 0.717) is 6.67 Å². The molecular formula is C20H25N5O2+2. The van der Waals surface area contributed by atoms with Crippen LogP contribution in [0.1, 0.15) is 12.5 Å². The van der Waals surface area contributed by atoms with Gasteiger partial charge in [-0.2, -0.15) is 0 Å². The smallest absolute Gasteiger partial charge is 0.319 e. The molecule has 7 heteroatoms. The molecule has 0 saturated carbocycles. The van der Waals surface area contributed by atoms with E-state index in [9.17, 15) is 9.59 Å². The third-order valence-corrected chi connectivity index (χ3v) is 5.51. The maximum Gasteiger partial charge on any atom is 0.329 e. The molecule has 2 saturated heterocycles. The van der Waals surface area contributed by atoms with Crippen LogP contribution in [-0.2, 0) is 10.3 Å². The van der Waals surface area contributed by atoms with Gasteiger partial charge in [-0.25, -0.2) is 14.7 Å². The summed E-state index contributed by atoms with van der Waals surface area (Å²) in [5.74, 6) is 0.924. The number of aromatic nitrogens is 1. The number of pyridine rings is 1. The van der Waals surface area contributed by atoms with E-state index in [-0.39, 0.29) is 11.9 Å². The van der Waals surface area contributed by atoms with Crippen molar-refractivity contribution >= 4 is 17.8 Å². The van der Waals surface area contributed by atoms with Crippen molar-refractivity contribution in [2.75, 3.05) is 37.7 Å². The zero-order valence-electron chi connectivity index (χ0n) is 15.4. The number of imide groups is 1. The van der Waals surface area contributed by atoms with Crippen LogP contribution in [0.25, 0.3) is 0 Å². The van der Waals surface area contributed by atoms with Crippen molar-refractivity contribution in [2.24, 2.45) is 0 Å². The molecule has 7 nitrogen and oxygen atoms in total. The highest BCUT2D eigenvalue weighted by Crippen LogP contribution is 2.27. The zero-order valence-corrected chi connectivity index (χ0v) is 15.4. The molecule has 2 aromatic rings. The Labute approximate surface area is 158 Å². The van der Waals surface area contributed by atoms with Crippen LogP contribution in [0.15, 0.2) is 54.7 Å². The Morgan fingerprint density at radius 1 is 1.07 bits per heavy atom. The van der Waals surface area contributed by atoms with Gasteiger partial charge in [0.25, 0.3) is 11.7 Å². The maximum absolute atomic E-state index is 13.0. The topological polar surface area (TPSA) is 71.2 Å². The fourth-order valence-electron chi connectivity index (χ4n) is 3.83. The molecule has 0 bridgehead atoms. The van der Waals surface area contributed by atoms with Gasteiger partial charge in [0.15, 0.2) is 6.67 Å². The first kappa shape index (κ1) is 17.5. The molecule has 27 heavy (non-hydrogen) atoms. The van der Waals surface area contributed by atoms with Gasteiger partial charge in [0.2, 0.25) is 0 Å². The van der Waals surface area contributed by atoms with E-state index in [2.05, 4.69) is 21.3 Å². The van der Waals surface area contributed by atoms with Crippen LogP contribution < -0.4 is 20.1 Å². The van der Waals surface area contributed by atoms with Crippen molar-refractivity contribution in [2.45, 2.75) is 12.5 Å². The van der Waals surface area contributed by atoms with E-state index < -0.39 is 5.54 Å². The summed E-state index contributed by atoms with van der Waals surface area (Å²) in [4.78, 5) is 33.7. The number of rotatable bonds is 4. The van der Waals surface area contributed by atoms with Crippen molar-refractivity contribution in [1.82, 2.24) is 10.2 Å². The van der Waals surface area contributed by atoms with Gasteiger partial charge >= 0.3 is 6.03 Å². The zero-order chi connectivity index (χ0) is 18.9. The van der Waals surface area contributed by atoms with Crippen molar-refractivity contribution in [3.63, 3.8) is 0 Å². The second-order valence-electron chi connectivity index (χ2n) is 7.30. The average Bonchev–Trinajstić information content (AvgIpc) is 2.94. The van der Waals surface area contributed by atoms with Gasteiger partial charge in [0.05, 0.1) is 6.20 Å². The van der Waals surface area contributed by atoms with Crippen LogP contribution in [0.4, 0.5) is 10.6 Å². The summed E-state index contributed by atoms with van der Waals surface area (Å²) in [6.45, 7) is 5.70. The van der Waals surface area contributed by atoms with Crippen LogP contribution in [-0.4, -0.2) is 49.7 Å². The Hall–Kier alpha value is -2.93. The van der Waals surface area contributed by atoms with Crippen LogP contribution in [0.3, 0.4) is 0 Å². The molecule has 0 spiro atoms. The normalized spacial score (nSPS) is 23.6. The highest BCUT2D eigenvalue weighted by Gasteiger charge is 2.50. The van der Waals surface area contributed by atoms with Gasteiger partial charge in [-0.15, -0.1) is 0 Å². The first-order valence-corrected chi connectivity index (χ1v) is 9.33. The van der Waals surface area contributed by atoms with E-state index in [1.54, 1.807) is 6.92 Å². The second-order valence-corrected chi connectivity index (χ2v) is 7.30. The quantitative estimate of drug-likeness (QED) is 0.725. The van der Waals surface area contributed by atoms with Gasteiger partial charge in [0, 0.05) is 6.07 Å². The lowest BCUT2D eigenvalue weighted by Gasteiger charge is -2.30. The Kier molecular flexibility index (Phi) is 4.53. The molecule has 2 fully saturated rings. The first-order chi connectivity index (χ1) is 13.1. The lowest BCUT2D eigenvalue weighted by Crippen LogP contribution is -3.16. The molecule has 1 aromatic heterocycles. The number of hydrogen-bond donors (Lipinski definition) is 2. The number of piperazine rings is 1. The minimum atomic E-state index is -0.987. The third kappa shape index (κ3) is 3.26. The number of carbonyl (C=O) groups is 2. The summed E-state index contributed by atoms with van der Waals surface area (Å²) in [6, 6.07) is 15.2. The van der Waals surface area contributed by atoms with Gasteiger partial charge in [-0.1, -0.05) is 36.4 Å². The fourth-order valence-corrected chi connectivity index (χ4v) is 3.83. The van der Waals surface area contributed by atoms with E-state index in [1.807, 2.05) is 48.7 Å². The summed E-state index contributed by atoms with van der Waals surface area (Å²) in [5.41, 5.74) is -0.177. The molecule has 3 amide bonds. The largest absolute Gasteiger partial charge is 0.329 e. The molecule has 2 aliphatic rings. The summed E-state index contributed by atoms with van der Waals surface area (Å²) in [6.07, 6.45) is 1.92. The maximum atomic E-state index is 13.0. The lowest BCUT2D eigenvalue weighted by molar-refractivity contribution is -0.908. The highest BCUT2D eigenvalue weighted by molar-refractivity contribution is 6.07. The number of aromatic amines is 1. The molecule has 2 aliphatic heterocycles. The van der Waals surface area contributed by atoms with Crippen molar-refractivity contribution in [3.05, 3.63) is 60.3 Å². The van der Waals surface area contributed by atoms with Crippen LogP contribution in [0.2, 0.25) is 0 Å². The Morgan fingerprint density at radius 2 is 1.78 bits per heavy atom. The number of quaternary nitrogens is 1. The van der Waals surface area contributed by atoms with Crippen LogP contribution in [0, 0.1) is 0 Å². The number of anilines is 1. The first-order valence-electron chi connectivity index (χ1n) is 9.33. The number of nitrogens with zero attached hydrogens (tertiary/aromatic N) is 2. The van der Waals surface area contributed by atoms with Gasteiger partial charge in [-0.05, 0) is 18.6 Å². The number of benzene rings is 1. The summed E-state index contributed by atoms with van der Waals surface area (Å²) in [7, 11) is 0. The second kappa shape index (κ2) is 7.00. The summed E-state index contributed by atoms with van der Waals surface area (Å²) >= 11 is 0. The summed E-state index contributed by atoms with van der Waals surface area (Å²) in [5, 5.41) is 2.88. The van der Waals surface area contributed by atoms with E-state index in [1.165, 1.54) is 9.80 Å². The number of urea groups is 1. The molecule has 3 heterocycles. The van der Waals surface area contributed by atoms with E-state index in [0.717, 1.165) is 37.6 Å². The van der Waals surface area contributed by atoms with Gasteiger partial charge in [0.1, 0.15) is 31.7 Å². The molecule has 4 rings (SSSR count). The highest BCUT2D eigenvalue weighted by atomic mass is 16.2. The predicted octanol–water partition coefficient (Wildman–Crippen LogP) is -0.370.